The minimum atomic E-state index is -0.281. The van der Waals surface area contributed by atoms with Crippen molar-refractivity contribution < 1.29 is 9.59 Å². The molecule has 0 unspecified atom stereocenters. The van der Waals surface area contributed by atoms with Gasteiger partial charge in [0, 0.05) is 19.0 Å². The molecule has 0 radical (unpaired) electrons. The van der Waals surface area contributed by atoms with Gasteiger partial charge in [0.05, 0.1) is 18.3 Å². The van der Waals surface area contributed by atoms with E-state index in [9.17, 15) is 14.4 Å². The summed E-state index contributed by atoms with van der Waals surface area (Å²) in [5.74, 6) is -0.516. The number of thiophene rings is 1. The molecule has 0 atom stereocenters. The van der Waals surface area contributed by atoms with E-state index in [4.69, 9.17) is 0 Å². The van der Waals surface area contributed by atoms with Crippen LogP contribution in [0.3, 0.4) is 0 Å². The van der Waals surface area contributed by atoms with Gasteiger partial charge < -0.3 is 10.6 Å². The Morgan fingerprint density at radius 2 is 2.14 bits per heavy atom. The van der Waals surface area contributed by atoms with Crippen molar-refractivity contribution in [2.45, 2.75) is 32.9 Å². The van der Waals surface area contributed by atoms with E-state index in [1.54, 1.807) is 6.07 Å². The summed E-state index contributed by atoms with van der Waals surface area (Å²) in [5.41, 5.74) is -0.156. The molecular weight excluding hydrogens is 304 g/mol. The van der Waals surface area contributed by atoms with Gasteiger partial charge in [0.15, 0.2) is 0 Å². The van der Waals surface area contributed by atoms with Crippen LogP contribution >= 0.6 is 11.3 Å². The van der Waals surface area contributed by atoms with E-state index in [1.165, 1.54) is 22.2 Å². The highest BCUT2D eigenvalue weighted by molar-refractivity contribution is 7.16. The minimum Gasteiger partial charge on any atom is -0.352 e. The topological polar surface area (TPSA) is 93.1 Å². The zero-order valence-electron chi connectivity index (χ0n) is 12.5. The summed E-state index contributed by atoms with van der Waals surface area (Å²) in [6.45, 7) is 3.86. The molecule has 0 bridgehead atoms. The van der Waals surface area contributed by atoms with Crippen LogP contribution in [0.25, 0.3) is 10.2 Å². The summed E-state index contributed by atoms with van der Waals surface area (Å²) in [5, 5.41) is 7.57. The lowest BCUT2D eigenvalue weighted by Gasteiger charge is -2.09. The van der Waals surface area contributed by atoms with E-state index in [2.05, 4.69) is 15.6 Å². The maximum absolute atomic E-state index is 12.1. The Morgan fingerprint density at radius 1 is 1.36 bits per heavy atom. The van der Waals surface area contributed by atoms with Crippen molar-refractivity contribution >= 4 is 33.4 Å². The zero-order valence-corrected chi connectivity index (χ0v) is 13.3. The van der Waals surface area contributed by atoms with Crippen LogP contribution in [0.5, 0.6) is 0 Å². The molecule has 118 valence electrons. The van der Waals surface area contributed by atoms with Crippen molar-refractivity contribution in [3.63, 3.8) is 0 Å². The summed E-state index contributed by atoms with van der Waals surface area (Å²) in [6.07, 6.45) is 1.56. The molecule has 2 aromatic rings. The summed E-state index contributed by atoms with van der Waals surface area (Å²) in [4.78, 5) is 40.1. The Bertz CT molecular complexity index is 735. The molecule has 0 aliphatic heterocycles. The lowest BCUT2D eigenvalue weighted by Crippen LogP contribution is -2.40. The smallest absolute Gasteiger partial charge is 0.262 e. The van der Waals surface area contributed by atoms with E-state index >= 15 is 0 Å². The third kappa shape index (κ3) is 4.14. The third-order valence-electron chi connectivity index (χ3n) is 2.93. The second-order valence-corrected chi connectivity index (χ2v) is 6.03. The second-order valence-electron chi connectivity index (χ2n) is 5.13. The van der Waals surface area contributed by atoms with Gasteiger partial charge in [-0.15, -0.1) is 11.3 Å². The maximum Gasteiger partial charge on any atom is 0.262 e. The minimum absolute atomic E-state index is 0.0337. The number of hydrogen-bond donors (Lipinski definition) is 2. The number of amides is 2. The average molecular weight is 322 g/mol. The van der Waals surface area contributed by atoms with Gasteiger partial charge in [0.25, 0.3) is 5.56 Å². The number of carbonyl (C=O) groups is 2. The number of nitrogens with zero attached hydrogens (tertiary/aromatic N) is 2. The zero-order chi connectivity index (χ0) is 16.1. The van der Waals surface area contributed by atoms with Crippen LogP contribution in [0.4, 0.5) is 0 Å². The highest BCUT2D eigenvalue weighted by Crippen LogP contribution is 2.13. The van der Waals surface area contributed by atoms with E-state index in [0.29, 0.717) is 10.2 Å². The predicted molar refractivity (Wildman–Crippen MR) is 84.8 cm³/mol. The monoisotopic (exact) mass is 322 g/mol. The van der Waals surface area contributed by atoms with Gasteiger partial charge in [-0.1, -0.05) is 0 Å². The number of rotatable bonds is 6. The number of fused-ring (bicyclic) bond motifs is 1. The van der Waals surface area contributed by atoms with Gasteiger partial charge in [-0.25, -0.2) is 4.98 Å². The fourth-order valence-electron chi connectivity index (χ4n) is 1.91. The van der Waals surface area contributed by atoms with E-state index in [0.717, 1.165) is 0 Å². The van der Waals surface area contributed by atoms with Crippen molar-refractivity contribution in [2.24, 2.45) is 0 Å². The SMILES string of the molecule is CC(C)NC(=O)CNC(=O)CCn1cnc2sccc2c1=O. The van der Waals surface area contributed by atoms with Gasteiger partial charge in [-0.2, -0.15) is 0 Å². The highest BCUT2D eigenvalue weighted by Gasteiger charge is 2.09. The summed E-state index contributed by atoms with van der Waals surface area (Å²) in [6, 6.07) is 1.76. The van der Waals surface area contributed by atoms with Crippen LogP contribution < -0.4 is 16.2 Å². The molecule has 0 aliphatic carbocycles. The average Bonchev–Trinajstić information content (AvgIpc) is 2.93. The van der Waals surface area contributed by atoms with Crippen LogP contribution in [0.1, 0.15) is 20.3 Å². The van der Waals surface area contributed by atoms with Crippen LogP contribution in [0.2, 0.25) is 0 Å². The molecule has 2 N–H and O–H groups in total. The van der Waals surface area contributed by atoms with E-state index in [1.807, 2.05) is 19.2 Å². The normalized spacial score (nSPS) is 10.9. The fraction of sp³-hybridized carbons (Fsp3) is 0.429. The number of aromatic nitrogens is 2. The highest BCUT2D eigenvalue weighted by atomic mass is 32.1. The molecule has 22 heavy (non-hydrogen) atoms. The molecule has 0 aliphatic rings. The Balaban J connectivity index is 1.86. The van der Waals surface area contributed by atoms with Crippen molar-refractivity contribution in [1.82, 2.24) is 20.2 Å². The first kappa shape index (κ1) is 16.2. The lowest BCUT2D eigenvalue weighted by atomic mass is 10.3. The predicted octanol–water partition coefficient (Wildman–Crippen LogP) is 0.489. The molecule has 2 aromatic heterocycles. The molecule has 8 heteroatoms. The van der Waals surface area contributed by atoms with E-state index < -0.39 is 0 Å². The standard InChI is InChI=1S/C14H18N4O3S/c1-9(2)17-12(20)7-15-11(19)3-5-18-8-16-13-10(14(18)21)4-6-22-13/h4,6,8-9H,3,5,7H2,1-2H3,(H,15,19)(H,17,20). The summed E-state index contributed by atoms with van der Waals surface area (Å²) in [7, 11) is 0. The molecule has 2 rings (SSSR count). The third-order valence-corrected chi connectivity index (χ3v) is 3.75. The van der Waals surface area contributed by atoms with Crippen molar-refractivity contribution in [3.05, 3.63) is 28.1 Å². The number of nitrogens with one attached hydrogen (secondary N) is 2. The fourth-order valence-corrected chi connectivity index (χ4v) is 2.64. The van der Waals surface area contributed by atoms with Crippen LogP contribution in [0.15, 0.2) is 22.6 Å². The molecule has 7 nitrogen and oxygen atoms in total. The van der Waals surface area contributed by atoms with Crippen LogP contribution in [-0.4, -0.2) is 34.0 Å². The molecule has 0 spiro atoms. The van der Waals surface area contributed by atoms with Crippen molar-refractivity contribution in [3.8, 4) is 0 Å². The number of carbonyl (C=O) groups excluding carboxylic acids is 2. The molecule has 2 heterocycles. The molecular formula is C14H18N4O3S. The first-order valence-electron chi connectivity index (χ1n) is 6.96. The van der Waals surface area contributed by atoms with Gasteiger partial charge in [0.2, 0.25) is 11.8 Å². The summed E-state index contributed by atoms with van der Waals surface area (Å²) < 4.78 is 1.41. The van der Waals surface area contributed by atoms with Gasteiger partial charge in [-0.3, -0.25) is 19.0 Å². The maximum atomic E-state index is 12.1. The number of aryl methyl sites for hydroxylation is 1. The van der Waals surface area contributed by atoms with Gasteiger partial charge in [0.1, 0.15) is 4.83 Å². The van der Waals surface area contributed by atoms with Gasteiger partial charge in [-0.05, 0) is 25.3 Å². The Morgan fingerprint density at radius 3 is 2.86 bits per heavy atom. The Hall–Kier alpha value is -2.22. The van der Waals surface area contributed by atoms with Crippen LogP contribution in [-0.2, 0) is 16.1 Å². The largest absolute Gasteiger partial charge is 0.352 e. The second kappa shape index (κ2) is 7.17. The van der Waals surface area contributed by atoms with Crippen molar-refractivity contribution in [2.75, 3.05) is 6.54 Å². The Kier molecular flexibility index (Phi) is 5.26. The molecule has 0 aromatic carbocycles. The first-order valence-corrected chi connectivity index (χ1v) is 7.84. The van der Waals surface area contributed by atoms with Crippen molar-refractivity contribution in [1.29, 1.82) is 0 Å². The quantitative estimate of drug-likeness (QED) is 0.809. The van der Waals surface area contributed by atoms with E-state index in [-0.39, 0.29) is 42.9 Å². The molecule has 0 saturated carbocycles. The molecule has 2 amide bonds. The van der Waals surface area contributed by atoms with Crippen LogP contribution in [0, 0.1) is 0 Å². The molecule has 0 saturated heterocycles. The summed E-state index contributed by atoms with van der Waals surface area (Å²) >= 11 is 1.40. The first-order chi connectivity index (χ1) is 10.5. The lowest BCUT2D eigenvalue weighted by molar-refractivity contribution is -0.126. The molecule has 0 fully saturated rings. The van der Waals surface area contributed by atoms with Gasteiger partial charge >= 0.3 is 0 Å². The Labute approximate surface area is 131 Å². The number of hydrogen-bond acceptors (Lipinski definition) is 5.